The topological polar surface area (TPSA) is 82.1 Å². The smallest absolute Gasteiger partial charge is 0.436 e. The first-order valence-corrected chi connectivity index (χ1v) is 9.81. The molecule has 0 saturated carbocycles. The summed E-state index contributed by atoms with van der Waals surface area (Å²) >= 11 is 0. The van der Waals surface area contributed by atoms with Gasteiger partial charge in [0.15, 0.2) is 9.84 Å². The third-order valence-electron chi connectivity index (χ3n) is 4.00. The quantitative estimate of drug-likeness (QED) is 0.745. The number of hydroxylamine groups is 2. The van der Waals surface area contributed by atoms with Crippen molar-refractivity contribution in [3.05, 3.63) is 54.1 Å². The van der Waals surface area contributed by atoms with E-state index in [4.69, 9.17) is 4.74 Å². The standard InChI is InChI=1S/C18H19NO6S/c1-2-26(21,22)16-9-7-14(8-10-16)17-6-4-3-5-15(17)13-23-18(20)19-11-12-24-25-19/h3-10H,2,11-13H2,1H3. The molecule has 0 unspecified atom stereocenters. The first-order chi connectivity index (χ1) is 12.5. The van der Waals surface area contributed by atoms with Gasteiger partial charge in [-0.2, -0.15) is 5.06 Å². The lowest BCUT2D eigenvalue weighted by atomic mass is 10.0. The Labute approximate surface area is 151 Å². The summed E-state index contributed by atoms with van der Waals surface area (Å²) in [7, 11) is -3.24. The Morgan fingerprint density at radius 3 is 2.54 bits per heavy atom. The number of sulfone groups is 1. The highest BCUT2D eigenvalue weighted by molar-refractivity contribution is 7.91. The molecule has 2 aromatic rings. The largest absolute Gasteiger partial charge is 0.443 e. The number of ether oxygens (including phenoxy) is 1. The van der Waals surface area contributed by atoms with Crippen LogP contribution in [0.4, 0.5) is 4.79 Å². The van der Waals surface area contributed by atoms with Crippen molar-refractivity contribution < 1.29 is 27.8 Å². The predicted molar refractivity (Wildman–Crippen MR) is 93.5 cm³/mol. The number of nitrogens with zero attached hydrogens (tertiary/aromatic N) is 1. The Bertz CT molecular complexity index is 873. The number of hydrogen-bond donors (Lipinski definition) is 0. The normalized spacial score (nSPS) is 14.4. The Kier molecular flexibility index (Phi) is 5.55. The summed E-state index contributed by atoms with van der Waals surface area (Å²) in [5.41, 5.74) is 2.50. The molecule has 1 amide bonds. The molecule has 0 radical (unpaired) electrons. The minimum absolute atomic E-state index is 0.0567. The number of hydrogen-bond acceptors (Lipinski definition) is 6. The van der Waals surface area contributed by atoms with E-state index in [1.165, 1.54) is 0 Å². The predicted octanol–water partition coefficient (Wildman–Crippen LogP) is 2.96. The van der Waals surface area contributed by atoms with Crippen LogP contribution in [-0.4, -0.2) is 38.5 Å². The average molecular weight is 377 g/mol. The molecule has 0 aliphatic carbocycles. The van der Waals surface area contributed by atoms with E-state index in [9.17, 15) is 13.2 Å². The fraction of sp³-hybridized carbons (Fsp3) is 0.278. The lowest BCUT2D eigenvalue weighted by molar-refractivity contribution is -0.353. The molecule has 8 heteroatoms. The zero-order chi connectivity index (χ0) is 18.6. The van der Waals surface area contributed by atoms with E-state index in [-0.39, 0.29) is 12.4 Å². The summed E-state index contributed by atoms with van der Waals surface area (Å²) in [5, 5.41) is 1.01. The van der Waals surface area contributed by atoms with E-state index < -0.39 is 15.9 Å². The third kappa shape index (κ3) is 4.04. The number of carbonyl (C=O) groups excluding carboxylic acids is 1. The van der Waals surface area contributed by atoms with Gasteiger partial charge in [0.2, 0.25) is 0 Å². The number of carbonyl (C=O) groups is 1. The van der Waals surface area contributed by atoms with Crippen LogP contribution in [0.15, 0.2) is 53.4 Å². The zero-order valence-electron chi connectivity index (χ0n) is 14.3. The van der Waals surface area contributed by atoms with Gasteiger partial charge in [-0.25, -0.2) is 18.1 Å². The molecule has 1 aliphatic rings. The van der Waals surface area contributed by atoms with Crippen molar-refractivity contribution in [1.29, 1.82) is 0 Å². The van der Waals surface area contributed by atoms with E-state index >= 15 is 0 Å². The maximum atomic E-state index is 11.9. The second kappa shape index (κ2) is 7.86. The number of benzene rings is 2. The van der Waals surface area contributed by atoms with Crippen molar-refractivity contribution in [3.8, 4) is 11.1 Å². The molecule has 2 aromatic carbocycles. The maximum Gasteiger partial charge on any atom is 0.436 e. The summed E-state index contributed by atoms with van der Waals surface area (Å²) in [6.45, 7) is 2.29. The molecule has 1 heterocycles. The van der Waals surface area contributed by atoms with Crippen molar-refractivity contribution in [2.75, 3.05) is 18.9 Å². The van der Waals surface area contributed by atoms with Crippen LogP contribution < -0.4 is 0 Å². The lowest BCUT2D eigenvalue weighted by Crippen LogP contribution is -2.27. The van der Waals surface area contributed by atoms with Crippen molar-refractivity contribution in [1.82, 2.24) is 5.06 Å². The monoisotopic (exact) mass is 377 g/mol. The highest BCUT2D eigenvalue weighted by Gasteiger charge is 2.22. The zero-order valence-corrected chi connectivity index (χ0v) is 15.1. The summed E-state index contributed by atoms with van der Waals surface area (Å²) in [6.07, 6.45) is -0.623. The SMILES string of the molecule is CCS(=O)(=O)c1ccc(-c2ccccc2COC(=O)N2CCOO2)cc1. The van der Waals surface area contributed by atoms with Crippen LogP contribution in [-0.2, 0) is 31.1 Å². The molecule has 0 spiro atoms. The van der Waals surface area contributed by atoms with Gasteiger partial charge in [0, 0.05) is 0 Å². The molecule has 138 valence electrons. The van der Waals surface area contributed by atoms with Gasteiger partial charge < -0.3 is 4.74 Å². The van der Waals surface area contributed by atoms with Gasteiger partial charge in [-0.1, -0.05) is 43.3 Å². The molecule has 1 saturated heterocycles. The van der Waals surface area contributed by atoms with E-state index in [2.05, 4.69) is 9.88 Å². The summed E-state index contributed by atoms with van der Waals surface area (Å²) in [4.78, 5) is 21.5. The van der Waals surface area contributed by atoms with E-state index in [1.54, 1.807) is 31.2 Å². The minimum atomic E-state index is -3.24. The van der Waals surface area contributed by atoms with Crippen LogP contribution in [0.5, 0.6) is 0 Å². The maximum absolute atomic E-state index is 11.9. The van der Waals surface area contributed by atoms with Crippen molar-refractivity contribution in [2.45, 2.75) is 18.4 Å². The molecular formula is C18H19NO6S. The first-order valence-electron chi connectivity index (χ1n) is 8.16. The Hall–Kier alpha value is -2.42. The molecule has 1 fully saturated rings. The molecule has 0 bridgehead atoms. The fourth-order valence-electron chi connectivity index (χ4n) is 2.53. The van der Waals surface area contributed by atoms with E-state index in [0.29, 0.717) is 18.0 Å². The molecule has 0 atom stereocenters. The molecule has 0 aromatic heterocycles. The second-order valence-corrected chi connectivity index (χ2v) is 7.92. The van der Waals surface area contributed by atoms with Crippen LogP contribution in [0.25, 0.3) is 11.1 Å². The highest BCUT2D eigenvalue weighted by atomic mass is 32.2. The Morgan fingerprint density at radius 1 is 1.15 bits per heavy atom. The summed E-state index contributed by atoms with van der Waals surface area (Å²) < 4.78 is 29.1. The van der Waals surface area contributed by atoms with E-state index in [0.717, 1.165) is 21.8 Å². The molecule has 0 N–H and O–H groups in total. The van der Waals surface area contributed by atoms with Crippen LogP contribution >= 0.6 is 0 Å². The molecule has 3 rings (SSSR count). The van der Waals surface area contributed by atoms with Crippen LogP contribution in [0.1, 0.15) is 12.5 Å². The fourth-order valence-corrected chi connectivity index (χ4v) is 3.41. The highest BCUT2D eigenvalue weighted by Crippen LogP contribution is 2.26. The second-order valence-electron chi connectivity index (χ2n) is 5.64. The number of rotatable bonds is 5. The molecule has 1 aliphatic heterocycles. The molecule has 7 nitrogen and oxygen atoms in total. The minimum Gasteiger partial charge on any atom is -0.443 e. The van der Waals surface area contributed by atoms with Gasteiger partial charge in [-0.05, 0) is 28.8 Å². The van der Waals surface area contributed by atoms with Gasteiger partial charge >= 0.3 is 6.09 Å². The Morgan fingerprint density at radius 2 is 1.88 bits per heavy atom. The van der Waals surface area contributed by atoms with Gasteiger partial charge in [0.05, 0.1) is 17.2 Å². The van der Waals surface area contributed by atoms with Crippen LogP contribution in [0.3, 0.4) is 0 Å². The molecular weight excluding hydrogens is 358 g/mol. The van der Waals surface area contributed by atoms with Crippen LogP contribution in [0.2, 0.25) is 0 Å². The van der Waals surface area contributed by atoms with Gasteiger partial charge in [-0.15, -0.1) is 4.99 Å². The van der Waals surface area contributed by atoms with Crippen LogP contribution in [0, 0.1) is 0 Å². The van der Waals surface area contributed by atoms with Crippen molar-refractivity contribution >= 4 is 15.9 Å². The average Bonchev–Trinajstić information content (AvgIpc) is 3.21. The van der Waals surface area contributed by atoms with Gasteiger partial charge in [0.25, 0.3) is 0 Å². The summed E-state index contributed by atoms with van der Waals surface area (Å²) in [6, 6.07) is 14.1. The van der Waals surface area contributed by atoms with E-state index in [1.807, 2.05) is 24.3 Å². The third-order valence-corrected chi connectivity index (χ3v) is 5.75. The Balaban J connectivity index is 1.77. The summed E-state index contributed by atoms with van der Waals surface area (Å²) in [5.74, 6) is 0.0567. The molecule has 26 heavy (non-hydrogen) atoms. The lowest BCUT2D eigenvalue weighted by Gasteiger charge is -2.14. The van der Waals surface area contributed by atoms with Crippen molar-refractivity contribution in [3.63, 3.8) is 0 Å². The first kappa shape index (κ1) is 18.4. The number of amides is 1. The van der Waals surface area contributed by atoms with Gasteiger partial charge in [-0.3, -0.25) is 0 Å². The van der Waals surface area contributed by atoms with Gasteiger partial charge in [0.1, 0.15) is 13.2 Å². The van der Waals surface area contributed by atoms with Crippen molar-refractivity contribution in [2.24, 2.45) is 0 Å².